The number of carboxylic acids is 1. The zero-order valence-corrected chi connectivity index (χ0v) is 15.6. The molecule has 1 heterocycles. The summed E-state index contributed by atoms with van der Waals surface area (Å²) in [6.07, 6.45) is 2.34. The number of carbonyl (C=O) groups excluding carboxylic acids is 1. The molecule has 0 unspecified atom stereocenters. The standard InChI is InChI=1S/C18H24N4O5/c1-12(2)6-7-27-16-8-14(26-3)4-5-15(16)18(25)19-9-13-10-22(21-20-13)11-17(23)24/h4-5,8,10,12H,6-7,9,11H2,1-3H3,(H,19,25)(H,23,24). The molecule has 0 aliphatic rings. The number of rotatable bonds is 10. The first kappa shape index (κ1) is 20.2. The lowest BCUT2D eigenvalue weighted by Crippen LogP contribution is -2.24. The Morgan fingerprint density at radius 2 is 2.11 bits per heavy atom. The van der Waals surface area contributed by atoms with E-state index >= 15 is 0 Å². The Kier molecular flexibility index (Phi) is 7.16. The summed E-state index contributed by atoms with van der Waals surface area (Å²) in [6, 6.07) is 5.01. The van der Waals surface area contributed by atoms with Gasteiger partial charge in [-0.3, -0.25) is 9.59 Å². The summed E-state index contributed by atoms with van der Waals surface area (Å²) in [4.78, 5) is 23.2. The lowest BCUT2D eigenvalue weighted by atomic mass is 10.1. The molecule has 0 radical (unpaired) electrons. The van der Waals surface area contributed by atoms with E-state index in [2.05, 4.69) is 29.5 Å². The summed E-state index contributed by atoms with van der Waals surface area (Å²) in [5, 5.41) is 19.0. The number of hydrogen-bond donors (Lipinski definition) is 2. The number of carboxylic acid groups (broad SMARTS) is 1. The Hall–Kier alpha value is -3.10. The number of hydrogen-bond acceptors (Lipinski definition) is 6. The molecule has 0 atom stereocenters. The van der Waals surface area contributed by atoms with Gasteiger partial charge in [-0.15, -0.1) is 5.10 Å². The number of aliphatic carboxylic acids is 1. The van der Waals surface area contributed by atoms with Gasteiger partial charge in [0.15, 0.2) is 0 Å². The zero-order valence-electron chi connectivity index (χ0n) is 15.6. The van der Waals surface area contributed by atoms with E-state index in [1.54, 1.807) is 25.3 Å². The molecule has 9 nitrogen and oxygen atoms in total. The Morgan fingerprint density at radius 3 is 2.78 bits per heavy atom. The molecule has 2 N–H and O–H groups in total. The summed E-state index contributed by atoms with van der Waals surface area (Å²) < 4.78 is 12.2. The minimum atomic E-state index is -1.02. The number of methoxy groups -OCH3 is 1. The Labute approximate surface area is 157 Å². The molecule has 2 aromatic rings. The van der Waals surface area contributed by atoms with Crippen LogP contribution in [0.1, 0.15) is 36.3 Å². The van der Waals surface area contributed by atoms with Gasteiger partial charge in [0.05, 0.1) is 32.0 Å². The largest absolute Gasteiger partial charge is 0.497 e. The SMILES string of the molecule is COc1ccc(C(=O)NCc2cn(CC(=O)O)nn2)c(OCCC(C)C)c1. The number of carbonyl (C=O) groups is 2. The number of nitrogens with one attached hydrogen (secondary N) is 1. The highest BCUT2D eigenvalue weighted by Gasteiger charge is 2.15. The lowest BCUT2D eigenvalue weighted by molar-refractivity contribution is -0.137. The summed E-state index contributed by atoms with van der Waals surface area (Å²) in [6.45, 7) is 4.53. The molecule has 0 spiro atoms. The number of ether oxygens (including phenoxy) is 2. The van der Waals surface area contributed by atoms with Gasteiger partial charge >= 0.3 is 5.97 Å². The van der Waals surface area contributed by atoms with Crippen molar-refractivity contribution in [1.82, 2.24) is 20.3 Å². The van der Waals surface area contributed by atoms with Crippen molar-refractivity contribution in [1.29, 1.82) is 0 Å². The molecule has 1 amide bonds. The Balaban J connectivity index is 2.03. The summed E-state index contributed by atoms with van der Waals surface area (Å²) in [7, 11) is 1.55. The van der Waals surface area contributed by atoms with Gasteiger partial charge in [-0.05, 0) is 24.5 Å². The number of amides is 1. The lowest BCUT2D eigenvalue weighted by Gasteiger charge is -2.13. The smallest absolute Gasteiger partial charge is 0.325 e. The van der Waals surface area contributed by atoms with Crippen molar-refractivity contribution in [2.45, 2.75) is 33.4 Å². The van der Waals surface area contributed by atoms with Crippen LogP contribution in [-0.2, 0) is 17.9 Å². The maximum absolute atomic E-state index is 12.5. The van der Waals surface area contributed by atoms with Crippen molar-refractivity contribution in [3.8, 4) is 11.5 Å². The highest BCUT2D eigenvalue weighted by molar-refractivity contribution is 5.97. The van der Waals surface area contributed by atoms with E-state index in [9.17, 15) is 9.59 Å². The molecule has 0 aliphatic carbocycles. The maximum atomic E-state index is 12.5. The van der Waals surface area contributed by atoms with E-state index in [1.165, 1.54) is 10.9 Å². The molecular formula is C18H24N4O5. The average molecular weight is 376 g/mol. The van der Waals surface area contributed by atoms with Gasteiger partial charge in [0.2, 0.25) is 0 Å². The molecule has 0 saturated carbocycles. The van der Waals surface area contributed by atoms with E-state index in [-0.39, 0.29) is 19.0 Å². The monoisotopic (exact) mass is 376 g/mol. The molecule has 0 saturated heterocycles. The first-order valence-corrected chi connectivity index (χ1v) is 8.59. The van der Waals surface area contributed by atoms with Crippen LogP contribution >= 0.6 is 0 Å². The average Bonchev–Trinajstić information content (AvgIpc) is 3.05. The number of benzene rings is 1. The van der Waals surface area contributed by atoms with Crippen molar-refractivity contribution in [3.05, 3.63) is 35.7 Å². The second-order valence-corrected chi connectivity index (χ2v) is 6.38. The Bertz CT molecular complexity index is 788. The second-order valence-electron chi connectivity index (χ2n) is 6.38. The fraction of sp³-hybridized carbons (Fsp3) is 0.444. The third-order valence-corrected chi connectivity index (χ3v) is 3.70. The Morgan fingerprint density at radius 1 is 1.33 bits per heavy atom. The minimum absolute atomic E-state index is 0.121. The van der Waals surface area contributed by atoms with Crippen molar-refractivity contribution in [3.63, 3.8) is 0 Å². The van der Waals surface area contributed by atoms with E-state index < -0.39 is 5.97 Å². The topological polar surface area (TPSA) is 116 Å². The van der Waals surface area contributed by atoms with E-state index in [0.717, 1.165) is 6.42 Å². The van der Waals surface area contributed by atoms with Gasteiger partial charge < -0.3 is 19.9 Å². The van der Waals surface area contributed by atoms with Crippen LogP contribution in [0.2, 0.25) is 0 Å². The van der Waals surface area contributed by atoms with Crippen molar-refractivity contribution in [2.24, 2.45) is 5.92 Å². The van der Waals surface area contributed by atoms with Gasteiger partial charge in [0.25, 0.3) is 5.91 Å². The van der Waals surface area contributed by atoms with Crippen LogP contribution in [-0.4, -0.2) is 45.7 Å². The summed E-state index contributed by atoms with van der Waals surface area (Å²) >= 11 is 0. The van der Waals surface area contributed by atoms with Gasteiger partial charge in [-0.25, -0.2) is 4.68 Å². The van der Waals surface area contributed by atoms with Gasteiger partial charge in [0, 0.05) is 6.07 Å². The van der Waals surface area contributed by atoms with Crippen LogP contribution in [0.25, 0.3) is 0 Å². The van der Waals surface area contributed by atoms with Crippen molar-refractivity contribution in [2.75, 3.05) is 13.7 Å². The third kappa shape index (κ3) is 6.28. The first-order chi connectivity index (χ1) is 12.9. The molecule has 2 rings (SSSR count). The fourth-order valence-corrected chi connectivity index (χ4v) is 2.24. The van der Waals surface area contributed by atoms with Crippen LogP contribution in [0.3, 0.4) is 0 Å². The van der Waals surface area contributed by atoms with Crippen LogP contribution in [0.5, 0.6) is 11.5 Å². The quantitative estimate of drug-likeness (QED) is 0.649. The van der Waals surface area contributed by atoms with Crippen LogP contribution in [0.4, 0.5) is 0 Å². The van der Waals surface area contributed by atoms with E-state index in [4.69, 9.17) is 14.6 Å². The number of aromatic nitrogens is 3. The summed E-state index contributed by atoms with van der Waals surface area (Å²) in [5.41, 5.74) is 0.845. The van der Waals surface area contributed by atoms with E-state index in [1.807, 2.05) is 0 Å². The van der Waals surface area contributed by atoms with Gasteiger partial charge in [-0.2, -0.15) is 0 Å². The molecule has 1 aromatic heterocycles. The fourth-order valence-electron chi connectivity index (χ4n) is 2.24. The number of nitrogens with zero attached hydrogens (tertiary/aromatic N) is 3. The molecule has 27 heavy (non-hydrogen) atoms. The van der Waals surface area contributed by atoms with Crippen LogP contribution in [0, 0.1) is 5.92 Å². The van der Waals surface area contributed by atoms with Gasteiger partial charge in [0.1, 0.15) is 23.7 Å². The molecule has 0 bridgehead atoms. The van der Waals surface area contributed by atoms with Gasteiger partial charge in [-0.1, -0.05) is 19.1 Å². The first-order valence-electron chi connectivity index (χ1n) is 8.59. The molecule has 9 heteroatoms. The molecule has 0 fully saturated rings. The normalized spacial score (nSPS) is 10.7. The predicted octanol–water partition coefficient (Wildman–Crippen LogP) is 1.73. The zero-order chi connectivity index (χ0) is 19.8. The minimum Gasteiger partial charge on any atom is -0.497 e. The van der Waals surface area contributed by atoms with Crippen molar-refractivity contribution >= 4 is 11.9 Å². The molecular weight excluding hydrogens is 352 g/mol. The highest BCUT2D eigenvalue weighted by atomic mass is 16.5. The third-order valence-electron chi connectivity index (χ3n) is 3.70. The van der Waals surface area contributed by atoms with Crippen LogP contribution < -0.4 is 14.8 Å². The second kappa shape index (κ2) is 9.56. The van der Waals surface area contributed by atoms with Crippen LogP contribution in [0.15, 0.2) is 24.4 Å². The highest BCUT2D eigenvalue weighted by Crippen LogP contribution is 2.25. The molecule has 146 valence electrons. The predicted molar refractivity (Wildman–Crippen MR) is 96.8 cm³/mol. The molecule has 0 aliphatic heterocycles. The molecule has 1 aromatic carbocycles. The summed E-state index contributed by atoms with van der Waals surface area (Å²) in [5.74, 6) is 0.188. The van der Waals surface area contributed by atoms with Crippen molar-refractivity contribution < 1.29 is 24.2 Å². The maximum Gasteiger partial charge on any atom is 0.325 e. The van der Waals surface area contributed by atoms with E-state index in [0.29, 0.717) is 35.3 Å².